The number of carbonyl (C=O) groups is 2. The van der Waals surface area contributed by atoms with Crippen molar-refractivity contribution in [2.24, 2.45) is 0 Å². The minimum atomic E-state index is -0.687. The molecule has 0 radical (unpaired) electrons. The van der Waals surface area contributed by atoms with Crippen LogP contribution in [0.1, 0.15) is 24.0 Å². The molecule has 140 valence electrons. The van der Waals surface area contributed by atoms with E-state index in [1.807, 2.05) is 60.7 Å². The summed E-state index contributed by atoms with van der Waals surface area (Å²) in [7, 11) is 0. The van der Waals surface area contributed by atoms with Crippen LogP contribution < -0.4 is 5.32 Å². The van der Waals surface area contributed by atoms with Crippen LogP contribution in [-0.4, -0.2) is 35.1 Å². The molecule has 0 aromatic heterocycles. The van der Waals surface area contributed by atoms with E-state index in [0.717, 1.165) is 11.1 Å². The number of nitrogens with zero attached hydrogens (tertiary/aromatic N) is 1. The van der Waals surface area contributed by atoms with E-state index in [1.54, 1.807) is 0 Å². The number of esters is 1. The van der Waals surface area contributed by atoms with Crippen molar-refractivity contribution in [2.75, 3.05) is 6.54 Å². The van der Waals surface area contributed by atoms with Crippen molar-refractivity contribution >= 4 is 11.9 Å². The van der Waals surface area contributed by atoms with Crippen LogP contribution in [0.25, 0.3) is 0 Å². The third-order valence-corrected chi connectivity index (χ3v) is 5.10. The maximum absolute atomic E-state index is 12.5. The van der Waals surface area contributed by atoms with Crippen LogP contribution in [-0.2, 0) is 32.4 Å². The highest BCUT2D eigenvalue weighted by Gasteiger charge is 2.58. The second-order valence-electron chi connectivity index (χ2n) is 7.01. The number of benzene rings is 2. The molecule has 2 aromatic carbocycles. The molecule has 2 aliphatic rings. The number of rotatable bonds is 6. The van der Waals surface area contributed by atoms with Gasteiger partial charge in [0.1, 0.15) is 24.8 Å². The summed E-state index contributed by atoms with van der Waals surface area (Å²) < 4.78 is 5.38. The molecular formula is C21H22N2O4. The number of hydrogen-bond donors (Lipinski definition) is 1. The van der Waals surface area contributed by atoms with Crippen molar-refractivity contribution in [3.8, 4) is 0 Å². The fourth-order valence-corrected chi connectivity index (χ4v) is 3.53. The number of ether oxygens (including phenoxy) is 1. The Balaban J connectivity index is 1.25. The van der Waals surface area contributed by atoms with E-state index in [2.05, 4.69) is 5.32 Å². The fourth-order valence-electron chi connectivity index (χ4n) is 3.53. The van der Waals surface area contributed by atoms with Crippen molar-refractivity contribution in [3.63, 3.8) is 0 Å². The molecule has 2 aromatic rings. The molecule has 27 heavy (non-hydrogen) atoms. The smallest absolute Gasteiger partial charge is 0.323 e. The van der Waals surface area contributed by atoms with Crippen LogP contribution in [0.5, 0.6) is 0 Å². The van der Waals surface area contributed by atoms with Gasteiger partial charge >= 0.3 is 5.97 Å². The lowest BCUT2D eigenvalue weighted by molar-refractivity contribution is -0.231. The molecule has 1 amide bonds. The molecule has 2 unspecified atom stereocenters. The first-order valence-electron chi connectivity index (χ1n) is 9.13. The van der Waals surface area contributed by atoms with Gasteiger partial charge in [0.25, 0.3) is 5.91 Å². The van der Waals surface area contributed by atoms with Crippen LogP contribution in [0, 0.1) is 0 Å². The Bertz CT molecular complexity index is 811. The van der Waals surface area contributed by atoms with Crippen molar-refractivity contribution in [1.29, 1.82) is 0 Å². The Morgan fingerprint density at radius 2 is 1.67 bits per heavy atom. The lowest BCUT2D eigenvalue weighted by Gasteiger charge is -2.45. The topological polar surface area (TPSA) is 67.9 Å². The highest BCUT2D eigenvalue weighted by molar-refractivity contribution is 5.93. The van der Waals surface area contributed by atoms with Crippen LogP contribution in [0.3, 0.4) is 0 Å². The predicted molar refractivity (Wildman–Crippen MR) is 98.1 cm³/mol. The van der Waals surface area contributed by atoms with Crippen LogP contribution in [0.2, 0.25) is 0 Å². The zero-order chi connectivity index (χ0) is 18.7. The molecular weight excluding hydrogens is 344 g/mol. The molecule has 6 nitrogen and oxygen atoms in total. The Labute approximate surface area is 158 Å². The molecule has 2 aliphatic heterocycles. The standard InChI is InChI=1S/C21H22N2O4/c24-19(26-13-16-7-3-1-4-8-16)18-11-12-21(22-18)15-23(20(21)25)27-14-17-9-5-2-6-10-17/h1-10,18,22H,11-15H2. The molecule has 0 saturated carbocycles. The van der Waals surface area contributed by atoms with E-state index in [-0.39, 0.29) is 18.5 Å². The summed E-state index contributed by atoms with van der Waals surface area (Å²) in [6.45, 7) is 1.04. The second kappa shape index (κ2) is 7.50. The number of hydroxylamine groups is 2. The Morgan fingerprint density at radius 1 is 1.04 bits per heavy atom. The van der Waals surface area contributed by atoms with E-state index in [4.69, 9.17) is 9.57 Å². The highest BCUT2D eigenvalue weighted by Crippen LogP contribution is 2.34. The molecule has 0 bridgehead atoms. The van der Waals surface area contributed by atoms with E-state index in [1.165, 1.54) is 5.06 Å². The number of β-lactam (4-membered cyclic amide) rings is 1. The minimum Gasteiger partial charge on any atom is -0.460 e. The van der Waals surface area contributed by atoms with Gasteiger partial charge in [-0.25, -0.2) is 5.06 Å². The number of carbonyl (C=O) groups excluding carboxylic acids is 2. The summed E-state index contributed by atoms with van der Waals surface area (Å²) in [6, 6.07) is 18.8. The van der Waals surface area contributed by atoms with Crippen LogP contribution in [0.15, 0.2) is 60.7 Å². The molecule has 0 aliphatic carbocycles. The molecule has 1 spiro atoms. The molecule has 2 atom stereocenters. The zero-order valence-corrected chi connectivity index (χ0v) is 15.0. The van der Waals surface area contributed by atoms with Gasteiger partial charge in [0.2, 0.25) is 0 Å². The van der Waals surface area contributed by atoms with Crippen molar-refractivity contribution in [3.05, 3.63) is 71.8 Å². The molecule has 1 N–H and O–H groups in total. The fraction of sp³-hybridized carbons (Fsp3) is 0.333. The molecule has 2 saturated heterocycles. The Morgan fingerprint density at radius 3 is 2.30 bits per heavy atom. The maximum atomic E-state index is 12.5. The van der Waals surface area contributed by atoms with Crippen molar-refractivity contribution in [1.82, 2.24) is 10.4 Å². The highest BCUT2D eigenvalue weighted by atomic mass is 16.7. The van der Waals surface area contributed by atoms with Gasteiger partial charge in [-0.3, -0.25) is 19.7 Å². The third kappa shape index (κ3) is 3.72. The first-order chi connectivity index (χ1) is 13.2. The second-order valence-corrected chi connectivity index (χ2v) is 7.01. The first-order valence-corrected chi connectivity index (χ1v) is 9.13. The van der Waals surface area contributed by atoms with E-state index >= 15 is 0 Å². The lowest BCUT2D eigenvalue weighted by atomic mass is 9.89. The summed E-state index contributed by atoms with van der Waals surface area (Å²) in [4.78, 5) is 30.4. The average Bonchev–Trinajstić information content (AvgIpc) is 3.18. The van der Waals surface area contributed by atoms with Crippen LogP contribution in [0.4, 0.5) is 0 Å². The maximum Gasteiger partial charge on any atom is 0.323 e. The SMILES string of the molecule is O=C(OCc1ccccc1)C1CCC2(CN(OCc3ccccc3)C2=O)N1. The summed E-state index contributed by atoms with van der Waals surface area (Å²) in [5, 5.41) is 4.54. The molecule has 4 rings (SSSR count). The number of nitrogens with one attached hydrogen (secondary N) is 1. The quantitative estimate of drug-likeness (QED) is 0.627. The average molecular weight is 366 g/mol. The zero-order valence-electron chi connectivity index (χ0n) is 15.0. The molecule has 6 heteroatoms. The van der Waals surface area contributed by atoms with Crippen LogP contribution >= 0.6 is 0 Å². The largest absolute Gasteiger partial charge is 0.460 e. The lowest BCUT2D eigenvalue weighted by Crippen LogP contribution is -2.71. The summed E-state index contributed by atoms with van der Waals surface area (Å²) in [5.41, 5.74) is 1.26. The van der Waals surface area contributed by atoms with E-state index in [0.29, 0.717) is 26.0 Å². The summed E-state index contributed by atoms with van der Waals surface area (Å²) >= 11 is 0. The van der Waals surface area contributed by atoms with E-state index in [9.17, 15) is 9.59 Å². The van der Waals surface area contributed by atoms with Gasteiger partial charge in [-0.2, -0.15) is 0 Å². The minimum absolute atomic E-state index is 0.114. The summed E-state index contributed by atoms with van der Waals surface area (Å²) in [5.74, 6) is -0.427. The third-order valence-electron chi connectivity index (χ3n) is 5.10. The first kappa shape index (κ1) is 17.7. The number of amides is 1. The van der Waals surface area contributed by atoms with Gasteiger partial charge in [-0.15, -0.1) is 0 Å². The van der Waals surface area contributed by atoms with Gasteiger partial charge < -0.3 is 4.74 Å². The predicted octanol–water partition coefficient (Wildman–Crippen LogP) is 2.19. The van der Waals surface area contributed by atoms with E-state index < -0.39 is 11.6 Å². The number of hydrogen-bond acceptors (Lipinski definition) is 5. The molecule has 2 heterocycles. The summed E-state index contributed by atoms with van der Waals surface area (Å²) in [6.07, 6.45) is 1.20. The Kier molecular flexibility index (Phi) is 4.92. The normalized spacial score (nSPS) is 24.1. The van der Waals surface area contributed by atoms with Gasteiger partial charge in [-0.05, 0) is 24.0 Å². The van der Waals surface area contributed by atoms with Gasteiger partial charge in [0.05, 0.1) is 6.54 Å². The van der Waals surface area contributed by atoms with Gasteiger partial charge in [-0.1, -0.05) is 60.7 Å². The van der Waals surface area contributed by atoms with Gasteiger partial charge in [0.15, 0.2) is 0 Å². The van der Waals surface area contributed by atoms with Crippen molar-refractivity contribution < 1.29 is 19.2 Å². The Hall–Kier alpha value is -2.70. The molecule has 2 fully saturated rings. The van der Waals surface area contributed by atoms with Crippen molar-refractivity contribution in [2.45, 2.75) is 37.6 Å². The van der Waals surface area contributed by atoms with Gasteiger partial charge in [0, 0.05) is 0 Å². The monoisotopic (exact) mass is 366 g/mol.